The minimum Gasteiger partial charge on any atom is -0.493 e. The molecule has 2 heteroatoms. The zero-order chi connectivity index (χ0) is 12.5. The summed E-state index contributed by atoms with van der Waals surface area (Å²) in [6.07, 6.45) is 2.34. The lowest BCUT2D eigenvalue weighted by atomic mass is 9.64. The van der Waals surface area contributed by atoms with Crippen molar-refractivity contribution in [1.29, 1.82) is 0 Å². The molecule has 2 rings (SSSR count). The van der Waals surface area contributed by atoms with Crippen molar-refractivity contribution >= 4 is 0 Å². The smallest absolute Gasteiger partial charge is 0.119 e. The maximum Gasteiger partial charge on any atom is 0.119 e. The van der Waals surface area contributed by atoms with Crippen molar-refractivity contribution in [1.82, 2.24) is 0 Å². The van der Waals surface area contributed by atoms with Crippen LogP contribution < -0.4 is 10.5 Å². The normalized spacial score (nSPS) is 27.9. The average Bonchev–Trinajstić information content (AvgIpc) is 2.34. The summed E-state index contributed by atoms with van der Waals surface area (Å²) in [5, 5.41) is 0. The van der Waals surface area contributed by atoms with E-state index in [0.29, 0.717) is 11.8 Å². The SMILES string of the molecule is CC(C)COc1ccc(C2(N)CCC2C)cc1. The fourth-order valence-corrected chi connectivity index (χ4v) is 2.30. The van der Waals surface area contributed by atoms with Crippen LogP contribution in [0.15, 0.2) is 24.3 Å². The second-order valence-corrected chi connectivity index (χ2v) is 5.71. The van der Waals surface area contributed by atoms with E-state index < -0.39 is 0 Å². The topological polar surface area (TPSA) is 35.2 Å². The zero-order valence-corrected chi connectivity index (χ0v) is 11.1. The van der Waals surface area contributed by atoms with E-state index in [-0.39, 0.29) is 5.54 Å². The Labute approximate surface area is 104 Å². The maximum absolute atomic E-state index is 6.40. The molecular formula is C15H23NO. The van der Waals surface area contributed by atoms with Gasteiger partial charge in [0.25, 0.3) is 0 Å². The van der Waals surface area contributed by atoms with Crippen LogP contribution in [0.4, 0.5) is 0 Å². The fraction of sp³-hybridized carbons (Fsp3) is 0.600. The predicted octanol–water partition coefficient (Wildman–Crippen LogP) is 3.31. The zero-order valence-electron chi connectivity index (χ0n) is 11.1. The molecule has 0 aliphatic heterocycles. The predicted molar refractivity (Wildman–Crippen MR) is 71.0 cm³/mol. The van der Waals surface area contributed by atoms with Crippen molar-refractivity contribution in [3.63, 3.8) is 0 Å². The van der Waals surface area contributed by atoms with Crippen molar-refractivity contribution in [2.75, 3.05) is 6.61 Å². The average molecular weight is 233 g/mol. The van der Waals surface area contributed by atoms with E-state index >= 15 is 0 Å². The Bertz CT molecular complexity index is 371. The van der Waals surface area contributed by atoms with Crippen LogP contribution >= 0.6 is 0 Å². The summed E-state index contributed by atoms with van der Waals surface area (Å²) in [7, 11) is 0. The Morgan fingerprint density at radius 2 is 2.00 bits per heavy atom. The summed E-state index contributed by atoms with van der Waals surface area (Å²) >= 11 is 0. The van der Waals surface area contributed by atoms with E-state index in [4.69, 9.17) is 10.5 Å². The molecule has 1 aromatic carbocycles. The van der Waals surface area contributed by atoms with Crippen LogP contribution in [0.2, 0.25) is 0 Å². The molecule has 0 bridgehead atoms. The van der Waals surface area contributed by atoms with Crippen LogP contribution in [0.5, 0.6) is 5.75 Å². The molecular weight excluding hydrogens is 210 g/mol. The first kappa shape index (κ1) is 12.4. The Hall–Kier alpha value is -1.02. The lowest BCUT2D eigenvalue weighted by Crippen LogP contribution is -2.50. The summed E-state index contributed by atoms with van der Waals surface area (Å²) in [4.78, 5) is 0. The van der Waals surface area contributed by atoms with Gasteiger partial charge in [0, 0.05) is 5.54 Å². The Balaban J connectivity index is 2.03. The molecule has 2 nitrogen and oxygen atoms in total. The molecule has 1 aliphatic carbocycles. The Morgan fingerprint density at radius 3 is 2.41 bits per heavy atom. The summed E-state index contributed by atoms with van der Waals surface area (Å²) in [6, 6.07) is 8.31. The third-order valence-corrected chi connectivity index (χ3v) is 3.85. The molecule has 0 spiro atoms. The van der Waals surface area contributed by atoms with Crippen molar-refractivity contribution in [3.05, 3.63) is 29.8 Å². The van der Waals surface area contributed by atoms with Gasteiger partial charge in [-0.15, -0.1) is 0 Å². The molecule has 0 radical (unpaired) electrons. The summed E-state index contributed by atoms with van der Waals surface area (Å²) < 4.78 is 5.67. The monoisotopic (exact) mass is 233 g/mol. The second-order valence-electron chi connectivity index (χ2n) is 5.71. The third-order valence-electron chi connectivity index (χ3n) is 3.85. The van der Waals surface area contributed by atoms with E-state index in [0.717, 1.165) is 18.8 Å². The van der Waals surface area contributed by atoms with Crippen molar-refractivity contribution in [2.45, 2.75) is 39.2 Å². The molecule has 1 aromatic rings. The van der Waals surface area contributed by atoms with Gasteiger partial charge in [-0.25, -0.2) is 0 Å². The minimum atomic E-state index is -0.101. The van der Waals surface area contributed by atoms with Crippen LogP contribution in [-0.2, 0) is 5.54 Å². The molecule has 0 saturated heterocycles. The number of ether oxygens (including phenoxy) is 1. The van der Waals surface area contributed by atoms with Gasteiger partial charge in [0.2, 0.25) is 0 Å². The highest BCUT2D eigenvalue weighted by Gasteiger charge is 2.41. The molecule has 17 heavy (non-hydrogen) atoms. The first-order valence-electron chi connectivity index (χ1n) is 6.54. The largest absolute Gasteiger partial charge is 0.493 e. The molecule has 94 valence electrons. The summed E-state index contributed by atoms with van der Waals surface area (Å²) in [6.45, 7) is 7.30. The summed E-state index contributed by atoms with van der Waals surface area (Å²) in [5.41, 5.74) is 7.54. The Morgan fingerprint density at radius 1 is 1.35 bits per heavy atom. The first-order valence-corrected chi connectivity index (χ1v) is 6.54. The molecule has 0 aromatic heterocycles. The minimum absolute atomic E-state index is 0.101. The van der Waals surface area contributed by atoms with Gasteiger partial charge in [-0.2, -0.15) is 0 Å². The number of rotatable bonds is 4. The van der Waals surface area contributed by atoms with Gasteiger partial charge in [0.1, 0.15) is 5.75 Å². The highest BCUT2D eigenvalue weighted by molar-refractivity contribution is 5.33. The second kappa shape index (κ2) is 4.69. The molecule has 1 saturated carbocycles. The standard InChI is InChI=1S/C15H23NO/c1-11(2)10-17-14-6-4-13(5-7-14)15(16)9-8-12(15)3/h4-7,11-12H,8-10,16H2,1-3H3. The highest BCUT2D eigenvalue weighted by Crippen LogP contribution is 2.44. The third kappa shape index (κ3) is 2.47. The number of hydrogen-bond donors (Lipinski definition) is 1. The molecule has 1 fully saturated rings. The molecule has 0 heterocycles. The highest BCUT2D eigenvalue weighted by atomic mass is 16.5. The van der Waals surface area contributed by atoms with E-state index in [1.165, 1.54) is 12.0 Å². The Kier molecular flexibility index (Phi) is 3.43. The van der Waals surface area contributed by atoms with E-state index in [1.54, 1.807) is 0 Å². The number of nitrogens with two attached hydrogens (primary N) is 1. The van der Waals surface area contributed by atoms with Gasteiger partial charge in [-0.05, 0) is 42.4 Å². The van der Waals surface area contributed by atoms with E-state index in [9.17, 15) is 0 Å². The van der Waals surface area contributed by atoms with Crippen LogP contribution in [0.1, 0.15) is 39.2 Å². The lowest BCUT2D eigenvalue weighted by molar-refractivity contribution is 0.145. The first-order chi connectivity index (χ1) is 8.02. The van der Waals surface area contributed by atoms with Crippen molar-refractivity contribution in [3.8, 4) is 5.75 Å². The van der Waals surface area contributed by atoms with Gasteiger partial charge >= 0.3 is 0 Å². The van der Waals surface area contributed by atoms with Crippen LogP contribution in [0.25, 0.3) is 0 Å². The van der Waals surface area contributed by atoms with Crippen LogP contribution in [0.3, 0.4) is 0 Å². The fourth-order valence-electron chi connectivity index (χ4n) is 2.30. The van der Waals surface area contributed by atoms with Gasteiger partial charge in [0.05, 0.1) is 6.61 Å². The summed E-state index contributed by atoms with van der Waals surface area (Å²) in [5.74, 6) is 2.09. The van der Waals surface area contributed by atoms with Crippen LogP contribution in [0, 0.1) is 11.8 Å². The maximum atomic E-state index is 6.40. The van der Waals surface area contributed by atoms with Crippen molar-refractivity contribution < 1.29 is 4.74 Å². The van der Waals surface area contributed by atoms with Crippen LogP contribution in [-0.4, -0.2) is 6.61 Å². The number of benzene rings is 1. The number of hydrogen-bond acceptors (Lipinski definition) is 2. The van der Waals surface area contributed by atoms with E-state index in [1.807, 2.05) is 12.1 Å². The lowest BCUT2D eigenvalue weighted by Gasteiger charge is -2.45. The molecule has 1 aliphatic rings. The van der Waals surface area contributed by atoms with Gasteiger partial charge in [-0.1, -0.05) is 32.9 Å². The van der Waals surface area contributed by atoms with Crippen molar-refractivity contribution in [2.24, 2.45) is 17.6 Å². The van der Waals surface area contributed by atoms with E-state index in [2.05, 4.69) is 32.9 Å². The molecule has 2 atom stereocenters. The molecule has 0 amide bonds. The quantitative estimate of drug-likeness (QED) is 0.866. The van der Waals surface area contributed by atoms with Gasteiger partial charge in [-0.3, -0.25) is 0 Å². The molecule has 2 N–H and O–H groups in total. The van der Waals surface area contributed by atoms with Gasteiger partial charge in [0.15, 0.2) is 0 Å². The molecule has 2 unspecified atom stereocenters. The van der Waals surface area contributed by atoms with Gasteiger partial charge < -0.3 is 10.5 Å².